The van der Waals surface area contributed by atoms with Crippen LogP contribution in [0.4, 0.5) is 17.7 Å². The SMILES string of the molecule is CCOC(=O)C(C)Nc1ncnc(N)c1C(=N)c1ccc2oc(N)nc2c1. The molecule has 10 heteroatoms. The van der Waals surface area contributed by atoms with Crippen molar-refractivity contribution in [1.82, 2.24) is 15.0 Å². The third kappa shape index (κ3) is 3.64. The van der Waals surface area contributed by atoms with Gasteiger partial charge in [0.15, 0.2) is 5.58 Å². The molecule has 3 rings (SSSR count). The van der Waals surface area contributed by atoms with Crippen LogP contribution in [-0.4, -0.2) is 39.3 Å². The highest BCUT2D eigenvalue weighted by Gasteiger charge is 2.21. The number of hydrogen-bond donors (Lipinski definition) is 4. The van der Waals surface area contributed by atoms with Gasteiger partial charge in [0.2, 0.25) is 0 Å². The van der Waals surface area contributed by atoms with Crippen molar-refractivity contribution in [2.75, 3.05) is 23.4 Å². The summed E-state index contributed by atoms with van der Waals surface area (Å²) in [7, 11) is 0. The Morgan fingerprint density at radius 1 is 1.37 bits per heavy atom. The first-order chi connectivity index (χ1) is 12.9. The molecule has 0 aliphatic carbocycles. The van der Waals surface area contributed by atoms with E-state index >= 15 is 0 Å². The minimum Gasteiger partial charge on any atom is -0.464 e. The lowest BCUT2D eigenvalue weighted by Crippen LogP contribution is -2.29. The molecule has 0 saturated heterocycles. The fourth-order valence-corrected chi connectivity index (χ4v) is 2.53. The number of hydrogen-bond acceptors (Lipinski definition) is 10. The number of ether oxygens (including phenoxy) is 1. The van der Waals surface area contributed by atoms with Crippen molar-refractivity contribution in [2.24, 2.45) is 0 Å². The van der Waals surface area contributed by atoms with Crippen molar-refractivity contribution >= 4 is 40.4 Å². The number of carbonyl (C=O) groups is 1. The summed E-state index contributed by atoms with van der Waals surface area (Å²) >= 11 is 0. The molecule has 3 aromatic rings. The predicted molar refractivity (Wildman–Crippen MR) is 101 cm³/mol. The van der Waals surface area contributed by atoms with Gasteiger partial charge in [-0.3, -0.25) is 5.41 Å². The van der Waals surface area contributed by atoms with Gasteiger partial charge in [0.05, 0.1) is 17.9 Å². The lowest BCUT2D eigenvalue weighted by atomic mass is 10.0. The number of benzene rings is 1. The van der Waals surface area contributed by atoms with E-state index in [9.17, 15) is 4.79 Å². The van der Waals surface area contributed by atoms with Crippen LogP contribution < -0.4 is 16.8 Å². The molecule has 0 radical (unpaired) electrons. The maximum Gasteiger partial charge on any atom is 0.328 e. The molecule has 1 atom stereocenters. The van der Waals surface area contributed by atoms with Crippen molar-refractivity contribution in [2.45, 2.75) is 19.9 Å². The van der Waals surface area contributed by atoms with Crippen LogP contribution in [0.3, 0.4) is 0 Å². The number of esters is 1. The van der Waals surface area contributed by atoms with Gasteiger partial charge in [-0.2, -0.15) is 4.98 Å². The molecule has 0 fully saturated rings. The minimum atomic E-state index is -0.677. The first-order valence-electron chi connectivity index (χ1n) is 8.19. The Bertz CT molecular complexity index is 1010. The summed E-state index contributed by atoms with van der Waals surface area (Å²) in [5.41, 5.74) is 13.4. The number of aromatic nitrogens is 3. The van der Waals surface area contributed by atoms with Crippen molar-refractivity contribution in [3.05, 3.63) is 35.7 Å². The Balaban J connectivity index is 1.96. The molecule has 0 amide bonds. The first-order valence-corrected chi connectivity index (χ1v) is 8.19. The van der Waals surface area contributed by atoms with Crippen molar-refractivity contribution < 1.29 is 13.9 Å². The maximum atomic E-state index is 11.9. The average molecular weight is 369 g/mol. The molecule has 2 heterocycles. The second-order valence-corrected chi connectivity index (χ2v) is 5.71. The van der Waals surface area contributed by atoms with E-state index in [0.717, 1.165) is 0 Å². The van der Waals surface area contributed by atoms with E-state index in [1.54, 1.807) is 32.0 Å². The third-order valence-corrected chi connectivity index (χ3v) is 3.81. The number of nitrogens with two attached hydrogens (primary N) is 2. The molecule has 10 nitrogen and oxygen atoms in total. The smallest absolute Gasteiger partial charge is 0.328 e. The van der Waals surface area contributed by atoms with E-state index in [-0.39, 0.29) is 35.5 Å². The number of nitrogen functional groups attached to an aromatic ring is 2. The number of nitrogens with one attached hydrogen (secondary N) is 2. The van der Waals surface area contributed by atoms with Crippen LogP contribution in [0.25, 0.3) is 11.1 Å². The Hall–Kier alpha value is -3.69. The number of fused-ring (bicyclic) bond motifs is 1. The third-order valence-electron chi connectivity index (χ3n) is 3.81. The number of nitrogens with zero attached hydrogens (tertiary/aromatic N) is 3. The average Bonchev–Trinajstić information content (AvgIpc) is 3.00. The lowest BCUT2D eigenvalue weighted by molar-refractivity contribution is -0.143. The summed E-state index contributed by atoms with van der Waals surface area (Å²) in [5, 5.41) is 11.5. The summed E-state index contributed by atoms with van der Waals surface area (Å²) < 4.78 is 10.2. The normalized spacial score (nSPS) is 11.9. The van der Waals surface area contributed by atoms with Gasteiger partial charge >= 0.3 is 5.97 Å². The van der Waals surface area contributed by atoms with Gasteiger partial charge in [0.25, 0.3) is 6.01 Å². The van der Waals surface area contributed by atoms with Crippen LogP contribution in [0, 0.1) is 5.41 Å². The molecule has 1 unspecified atom stereocenters. The quantitative estimate of drug-likeness (QED) is 0.372. The standard InChI is InChI=1S/C17H19N7O3/c1-3-26-16(25)8(2)23-15-12(14(19)21-7-22-15)13(18)9-4-5-11-10(6-9)24-17(20)27-11/h4-8,18H,3H2,1-2H3,(H2,20,24)(H3,19,21,22,23). The molecule has 0 saturated carbocycles. The van der Waals surface area contributed by atoms with E-state index in [1.807, 2.05) is 0 Å². The van der Waals surface area contributed by atoms with Gasteiger partial charge in [0, 0.05) is 5.56 Å². The molecule has 27 heavy (non-hydrogen) atoms. The molecule has 0 bridgehead atoms. The summed E-state index contributed by atoms with van der Waals surface area (Å²) in [6, 6.07) is 4.37. The van der Waals surface area contributed by atoms with E-state index < -0.39 is 12.0 Å². The number of carbonyl (C=O) groups excluding carboxylic acids is 1. The summed E-state index contributed by atoms with van der Waals surface area (Å²) in [6.45, 7) is 3.62. The highest BCUT2D eigenvalue weighted by Crippen LogP contribution is 2.25. The molecule has 140 valence electrons. The second kappa shape index (κ2) is 7.28. The van der Waals surface area contributed by atoms with E-state index in [4.69, 9.17) is 26.0 Å². The molecule has 0 spiro atoms. The molecule has 2 aromatic heterocycles. The summed E-state index contributed by atoms with van der Waals surface area (Å²) in [6.07, 6.45) is 1.26. The zero-order valence-corrected chi connectivity index (χ0v) is 14.8. The van der Waals surface area contributed by atoms with Crippen LogP contribution in [0.2, 0.25) is 0 Å². The molecule has 0 aliphatic heterocycles. The van der Waals surface area contributed by atoms with E-state index in [0.29, 0.717) is 16.7 Å². The topological polar surface area (TPSA) is 166 Å². The van der Waals surface area contributed by atoms with Crippen LogP contribution >= 0.6 is 0 Å². The van der Waals surface area contributed by atoms with Crippen LogP contribution in [0.1, 0.15) is 25.0 Å². The van der Waals surface area contributed by atoms with Crippen molar-refractivity contribution in [1.29, 1.82) is 5.41 Å². The number of anilines is 3. The molecular formula is C17H19N7O3. The molecule has 6 N–H and O–H groups in total. The summed E-state index contributed by atoms with van der Waals surface area (Å²) in [5.74, 6) is -0.0761. The Labute approximate surface area is 154 Å². The minimum absolute atomic E-state index is 0.0434. The van der Waals surface area contributed by atoms with Gasteiger partial charge in [0.1, 0.15) is 29.5 Å². The van der Waals surface area contributed by atoms with Gasteiger partial charge in [-0.25, -0.2) is 14.8 Å². The van der Waals surface area contributed by atoms with E-state index in [1.165, 1.54) is 6.33 Å². The Kier molecular flexibility index (Phi) is 4.88. The molecule has 1 aromatic carbocycles. The predicted octanol–water partition coefficient (Wildman–Crippen LogP) is 1.56. The van der Waals surface area contributed by atoms with Gasteiger partial charge in [-0.15, -0.1) is 0 Å². The number of rotatable bonds is 6. The van der Waals surface area contributed by atoms with Crippen LogP contribution in [0.5, 0.6) is 0 Å². The Morgan fingerprint density at radius 3 is 2.89 bits per heavy atom. The molecule has 0 aliphatic rings. The molecular weight excluding hydrogens is 350 g/mol. The number of oxazole rings is 1. The zero-order chi connectivity index (χ0) is 19.6. The summed E-state index contributed by atoms with van der Waals surface area (Å²) in [4.78, 5) is 24.0. The zero-order valence-electron chi connectivity index (χ0n) is 14.8. The van der Waals surface area contributed by atoms with Gasteiger partial charge < -0.3 is 25.9 Å². The Morgan fingerprint density at radius 2 is 2.15 bits per heavy atom. The fraction of sp³-hybridized carbons (Fsp3) is 0.235. The first kappa shape index (κ1) is 18.1. The van der Waals surface area contributed by atoms with Crippen LogP contribution in [-0.2, 0) is 9.53 Å². The van der Waals surface area contributed by atoms with Crippen molar-refractivity contribution in [3.8, 4) is 0 Å². The van der Waals surface area contributed by atoms with Crippen LogP contribution in [0.15, 0.2) is 28.9 Å². The van der Waals surface area contributed by atoms with Crippen molar-refractivity contribution in [3.63, 3.8) is 0 Å². The van der Waals surface area contributed by atoms with E-state index in [2.05, 4.69) is 20.3 Å². The van der Waals surface area contributed by atoms with Gasteiger partial charge in [-0.1, -0.05) is 0 Å². The monoisotopic (exact) mass is 369 g/mol. The second-order valence-electron chi connectivity index (χ2n) is 5.71. The highest BCUT2D eigenvalue weighted by molar-refractivity contribution is 6.17. The highest BCUT2D eigenvalue weighted by atomic mass is 16.5. The lowest BCUT2D eigenvalue weighted by Gasteiger charge is -2.17. The van der Waals surface area contributed by atoms with Gasteiger partial charge in [-0.05, 0) is 32.0 Å². The maximum absolute atomic E-state index is 11.9. The fourth-order valence-electron chi connectivity index (χ4n) is 2.53. The largest absolute Gasteiger partial charge is 0.464 e.